The molecule has 0 amide bonds. The Morgan fingerprint density at radius 2 is 0.921 bits per heavy atom. The van der Waals surface area contributed by atoms with E-state index < -0.39 is 0 Å². The van der Waals surface area contributed by atoms with E-state index in [1.807, 2.05) is 78.9 Å². The maximum Gasteiger partial charge on any atom is 0.149 e. The zero-order valence-corrected chi connectivity index (χ0v) is 20.5. The standard InChI is InChI=1S/C31H25NO6/c1-5-24(33-16-30-18-35-30)9-20-3-7-26(11-22(1)20)37-28-13-29(15-32-14-28)38-27-8-4-21-10-25(6-2-23(21)12-27)34-17-31-19-36-31/h1-15,30-31H,16-19H2. The molecule has 0 radical (unpaired) electrons. The van der Waals surface area contributed by atoms with Gasteiger partial charge in [0.2, 0.25) is 0 Å². The third kappa shape index (κ3) is 5.49. The highest BCUT2D eigenvalue weighted by Gasteiger charge is 2.23. The number of fused-ring (bicyclic) bond motifs is 2. The molecule has 2 fully saturated rings. The molecule has 2 saturated heterocycles. The van der Waals surface area contributed by atoms with Gasteiger partial charge >= 0.3 is 0 Å². The number of pyridine rings is 1. The fraction of sp³-hybridized carbons (Fsp3) is 0.194. The van der Waals surface area contributed by atoms with Gasteiger partial charge in [-0.1, -0.05) is 24.3 Å². The smallest absolute Gasteiger partial charge is 0.149 e. The second-order valence-corrected chi connectivity index (χ2v) is 9.43. The minimum Gasteiger partial charge on any atom is -0.491 e. The summed E-state index contributed by atoms with van der Waals surface area (Å²) in [6.07, 6.45) is 3.80. The molecular formula is C31H25NO6. The lowest BCUT2D eigenvalue weighted by Gasteiger charge is -2.11. The Balaban J connectivity index is 1.02. The van der Waals surface area contributed by atoms with Gasteiger partial charge in [-0.15, -0.1) is 0 Å². The summed E-state index contributed by atoms with van der Waals surface area (Å²) in [6.45, 7) is 2.74. The number of ether oxygens (including phenoxy) is 6. The molecule has 0 saturated carbocycles. The van der Waals surface area contributed by atoms with Gasteiger partial charge in [-0.25, -0.2) is 0 Å². The van der Waals surface area contributed by atoms with Crippen molar-refractivity contribution < 1.29 is 28.4 Å². The van der Waals surface area contributed by atoms with Crippen LogP contribution >= 0.6 is 0 Å². The number of rotatable bonds is 10. The van der Waals surface area contributed by atoms with Crippen molar-refractivity contribution in [2.45, 2.75) is 12.2 Å². The number of epoxide rings is 2. The molecule has 2 aliphatic rings. The third-order valence-corrected chi connectivity index (χ3v) is 6.40. The Labute approximate surface area is 219 Å². The van der Waals surface area contributed by atoms with Gasteiger partial charge in [-0.2, -0.15) is 0 Å². The first-order valence-corrected chi connectivity index (χ1v) is 12.6. The summed E-state index contributed by atoms with van der Waals surface area (Å²) in [4.78, 5) is 4.30. The Morgan fingerprint density at radius 3 is 1.34 bits per heavy atom. The van der Waals surface area contributed by atoms with E-state index in [9.17, 15) is 0 Å². The van der Waals surface area contributed by atoms with Gasteiger partial charge in [0.25, 0.3) is 0 Å². The van der Waals surface area contributed by atoms with E-state index in [1.54, 1.807) is 12.4 Å². The fourth-order valence-corrected chi connectivity index (χ4v) is 4.20. The van der Waals surface area contributed by atoms with E-state index >= 15 is 0 Å². The monoisotopic (exact) mass is 507 g/mol. The van der Waals surface area contributed by atoms with Crippen LogP contribution in [-0.4, -0.2) is 43.6 Å². The second kappa shape index (κ2) is 9.85. The van der Waals surface area contributed by atoms with E-state index in [1.165, 1.54) is 0 Å². The first-order valence-electron chi connectivity index (χ1n) is 12.6. The lowest BCUT2D eigenvalue weighted by Crippen LogP contribution is -2.03. The van der Waals surface area contributed by atoms with E-state index in [-0.39, 0.29) is 12.2 Å². The molecule has 0 spiro atoms. The summed E-state index contributed by atoms with van der Waals surface area (Å²) in [6, 6.07) is 25.8. The van der Waals surface area contributed by atoms with Crippen molar-refractivity contribution in [3.05, 3.63) is 91.3 Å². The van der Waals surface area contributed by atoms with Crippen LogP contribution in [0.15, 0.2) is 91.3 Å². The van der Waals surface area contributed by atoms with E-state index in [0.717, 1.165) is 46.3 Å². The molecule has 7 nitrogen and oxygen atoms in total. The average Bonchev–Trinajstić information content (AvgIpc) is 3.86. The highest BCUT2D eigenvalue weighted by molar-refractivity contribution is 5.86. The van der Waals surface area contributed by atoms with Gasteiger partial charge in [-0.05, 0) is 70.1 Å². The summed E-state index contributed by atoms with van der Waals surface area (Å²) < 4.78 is 34.2. The van der Waals surface area contributed by atoms with Crippen LogP contribution in [0, 0.1) is 0 Å². The number of hydrogen-bond acceptors (Lipinski definition) is 7. The fourth-order valence-electron chi connectivity index (χ4n) is 4.20. The highest BCUT2D eigenvalue weighted by atomic mass is 16.6. The van der Waals surface area contributed by atoms with Crippen LogP contribution in [0.3, 0.4) is 0 Å². The maximum atomic E-state index is 6.10. The summed E-state index contributed by atoms with van der Waals surface area (Å²) >= 11 is 0. The van der Waals surface area contributed by atoms with Crippen LogP contribution in [0.5, 0.6) is 34.5 Å². The predicted molar refractivity (Wildman–Crippen MR) is 143 cm³/mol. The molecule has 190 valence electrons. The third-order valence-electron chi connectivity index (χ3n) is 6.40. The minimum absolute atomic E-state index is 0.233. The molecule has 2 aliphatic heterocycles. The normalized spacial score (nSPS) is 17.8. The van der Waals surface area contributed by atoms with Crippen LogP contribution in [-0.2, 0) is 9.47 Å². The first kappa shape index (κ1) is 22.8. The van der Waals surface area contributed by atoms with Crippen LogP contribution in [0.1, 0.15) is 0 Å². The molecule has 3 heterocycles. The molecule has 5 aromatic rings. The van der Waals surface area contributed by atoms with Gasteiger partial charge in [0.15, 0.2) is 0 Å². The minimum atomic E-state index is 0.233. The summed E-state index contributed by atoms with van der Waals surface area (Å²) in [7, 11) is 0. The predicted octanol–water partition coefficient (Wildman–Crippen LogP) is 6.53. The SMILES string of the molecule is c1cc2cc(Oc3cncc(Oc4ccc5cc(OCC6CO6)ccc5c4)c3)ccc2cc1OCC1CO1. The molecule has 1 aromatic heterocycles. The zero-order chi connectivity index (χ0) is 25.3. The molecule has 2 unspecified atom stereocenters. The van der Waals surface area contributed by atoms with Crippen molar-refractivity contribution in [2.75, 3.05) is 26.4 Å². The quantitative estimate of drug-likeness (QED) is 0.199. The molecule has 2 atom stereocenters. The van der Waals surface area contributed by atoms with Crippen molar-refractivity contribution in [3.8, 4) is 34.5 Å². The zero-order valence-electron chi connectivity index (χ0n) is 20.5. The van der Waals surface area contributed by atoms with Crippen LogP contribution < -0.4 is 18.9 Å². The van der Waals surface area contributed by atoms with Crippen LogP contribution in [0.4, 0.5) is 0 Å². The Kier molecular flexibility index (Phi) is 5.92. The molecule has 4 aromatic carbocycles. The van der Waals surface area contributed by atoms with E-state index in [2.05, 4.69) is 4.98 Å². The van der Waals surface area contributed by atoms with Crippen LogP contribution in [0.25, 0.3) is 21.5 Å². The number of nitrogens with zero attached hydrogens (tertiary/aromatic N) is 1. The average molecular weight is 508 g/mol. The summed E-state index contributed by atoms with van der Waals surface area (Å²) in [5.74, 6) is 4.28. The summed E-state index contributed by atoms with van der Waals surface area (Å²) in [5.41, 5.74) is 0. The Bertz CT molecular complexity index is 1500. The molecular weight excluding hydrogens is 482 g/mol. The summed E-state index contributed by atoms with van der Waals surface area (Å²) in [5, 5.41) is 4.27. The molecule has 0 N–H and O–H groups in total. The Hall–Kier alpha value is -4.33. The lowest BCUT2D eigenvalue weighted by molar-refractivity contribution is 0.263. The van der Waals surface area contributed by atoms with Crippen molar-refractivity contribution in [2.24, 2.45) is 0 Å². The van der Waals surface area contributed by atoms with Gasteiger partial charge in [0.1, 0.15) is 59.9 Å². The largest absolute Gasteiger partial charge is 0.491 e. The van der Waals surface area contributed by atoms with Crippen LogP contribution in [0.2, 0.25) is 0 Å². The molecule has 0 aliphatic carbocycles. The first-order chi connectivity index (χ1) is 18.7. The number of benzene rings is 4. The Morgan fingerprint density at radius 1 is 0.526 bits per heavy atom. The van der Waals surface area contributed by atoms with Crippen molar-refractivity contribution in [1.29, 1.82) is 0 Å². The molecule has 7 rings (SSSR count). The lowest BCUT2D eigenvalue weighted by atomic mass is 10.1. The highest BCUT2D eigenvalue weighted by Crippen LogP contribution is 2.32. The topological polar surface area (TPSA) is 74.9 Å². The van der Waals surface area contributed by atoms with Crippen molar-refractivity contribution in [1.82, 2.24) is 4.98 Å². The molecule has 38 heavy (non-hydrogen) atoms. The number of aromatic nitrogens is 1. The number of hydrogen-bond donors (Lipinski definition) is 0. The van der Waals surface area contributed by atoms with Gasteiger partial charge < -0.3 is 28.4 Å². The molecule has 0 bridgehead atoms. The van der Waals surface area contributed by atoms with Gasteiger partial charge in [-0.3, -0.25) is 4.98 Å². The van der Waals surface area contributed by atoms with E-state index in [4.69, 9.17) is 28.4 Å². The van der Waals surface area contributed by atoms with E-state index in [0.29, 0.717) is 36.2 Å². The maximum absolute atomic E-state index is 6.10. The van der Waals surface area contributed by atoms with Crippen molar-refractivity contribution in [3.63, 3.8) is 0 Å². The van der Waals surface area contributed by atoms with Gasteiger partial charge in [0.05, 0.1) is 25.6 Å². The van der Waals surface area contributed by atoms with Crippen molar-refractivity contribution >= 4 is 21.5 Å². The second-order valence-electron chi connectivity index (χ2n) is 9.43. The van der Waals surface area contributed by atoms with Gasteiger partial charge in [0, 0.05) is 6.07 Å². The molecule has 7 heteroatoms.